The number of rotatable bonds is 7. The summed E-state index contributed by atoms with van der Waals surface area (Å²) in [5.41, 5.74) is 1.88. The smallest absolute Gasteiger partial charge is 0.243 e. The van der Waals surface area contributed by atoms with Gasteiger partial charge in [0.15, 0.2) is 0 Å². The van der Waals surface area contributed by atoms with Crippen LogP contribution >= 0.6 is 0 Å². The van der Waals surface area contributed by atoms with Gasteiger partial charge in [-0.3, -0.25) is 0 Å². The van der Waals surface area contributed by atoms with E-state index in [4.69, 9.17) is 4.74 Å². The second-order valence-electron chi connectivity index (χ2n) is 3.73. The van der Waals surface area contributed by atoms with Crippen molar-refractivity contribution in [2.75, 3.05) is 25.6 Å². The molecule has 96 valence electrons. The Labute approximate surface area is 101 Å². The predicted octanol–water partition coefficient (Wildman–Crippen LogP) is 0.416. The third-order valence-electron chi connectivity index (χ3n) is 2.36. The van der Waals surface area contributed by atoms with Crippen molar-refractivity contribution < 1.29 is 9.84 Å². The van der Waals surface area contributed by atoms with Gasteiger partial charge in [0, 0.05) is 13.7 Å². The molecular formula is C11H20N4O2. The average Bonchev–Trinajstić information content (AvgIpc) is 2.36. The van der Waals surface area contributed by atoms with E-state index in [1.807, 2.05) is 13.8 Å². The molecule has 0 aliphatic heterocycles. The van der Waals surface area contributed by atoms with Crippen molar-refractivity contribution >= 4 is 5.95 Å². The largest absolute Gasteiger partial charge is 0.389 e. The Morgan fingerprint density at radius 1 is 1.24 bits per heavy atom. The zero-order chi connectivity index (χ0) is 12.7. The number of ether oxygens (including phenoxy) is 1. The van der Waals surface area contributed by atoms with Crippen LogP contribution in [-0.4, -0.2) is 46.7 Å². The van der Waals surface area contributed by atoms with Crippen LogP contribution in [0, 0.1) is 0 Å². The fourth-order valence-electron chi connectivity index (χ4n) is 1.47. The van der Waals surface area contributed by atoms with Gasteiger partial charge in [-0.15, -0.1) is 5.10 Å². The molecule has 0 spiro atoms. The molecule has 0 aromatic carbocycles. The molecule has 0 bridgehead atoms. The van der Waals surface area contributed by atoms with Crippen molar-refractivity contribution in [2.24, 2.45) is 0 Å². The topological polar surface area (TPSA) is 80.2 Å². The SMILES string of the molecule is CCc1nnc(NCC(O)COC)nc1CC. The number of nitrogens with zero attached hydrogens (tertiary/aromatic N) is 3. The molecule has 0 saturated carbocycles. The molecule has 1 aromatic rings. The Balaban J connectivity index is 2.60. The van der Waals surface area contributed by atoms with Crippen molar-refractivity contribution in [3.8, 4) is 0 Å². The van der Waals surface area contributed by atoms with Gasteiger partial charge in [-0.1, -0.05) is 13.8 Å². The van der Waals surface area contributed by atoms with Gasteiger partial charge in [0.25, 0.3) is 0 Å². The molecule has 0 aliphatic rings. The lowest BCUT2D eigenvalue weighted by atomic mass is 10.2. The quantitative estimate of drug-likeness (QED) is 0.719. The molecule has 1 atom stereocenters. The minimum atomic E-state index is -0.570. The van der Waals surface area contributed by atoms with Crippen molar-refractivity contribution in [3.63, 3.8) is 0 Å². The third kappa shape index (κ3) is 4.24. The minimum Gasteiger partial charge on any atom is -0.389 e. The highest BCUT2D eigenvalue weighted by Crippen LogP contribution is 2.06. The number of hydrogen-bond acceptors (Lipinski definition) is 6. The predicted molar refractivity (Wildman–Crippen MR) is 65.0 cm³/mol. The van der Waals surface area contributed by atoms with E-state index in [9.17, 15) is 5.11 Å². The van der Waals surface area contributed by atoms with Crippen LogP contribution in [0.1, 0.15) is 25.2 Å². The number of methoxy groups -OCH3 is 1. The van der Waals surface area contributed by atoms with E-state index < -0.39 is 6.10 Å². The molecule has 0 aliphatic carbocycles. The Morgan fingerprint density at radius 2 is 1.94 bits per heavy atom. The normalized spacial score (nSPS) is 12.5. The lowest BCUT2D eigenvalue weighted by Crippen LogP contribution is -2.25. The summed E-state index contributed by atoms with van der Waals surface area (Å²) in [6.07, 6.45) is 1.09. The minimum absolute atomic E-state index is 0.286. The summed E-state index contributed by atoms with van der Waals surface area (Å²) >= 11 is 0. The van der Waals surface area contributed by atoms with Crippen LogP contribution in [0.15, 0.2) is 0 Å². The van der Waals surface area contributed by atoms with E-state index in [-0.39, 0.29) is 6.61 Å². The zero-order valence-electron chi connectivity index (χ0n) is 10.6. The fraction of sp³-hybridized carbons (Fsp3) is 0.727. The van der Waals surface area contributed by atoms with Crippen LogP contribution in [0.4, 0.5) is 5.95 Å². The first-order chi connectivity index (χ1) is 8.21. The lowest BCUT2D eigenvalue weighted by molar-refractivity contribution is 0.0726. The summed E-state index contributed by atoms with van der Waals surface area (Å²) in [7, 11) is 1.55. The van der Waals surface area contributed by atoms with Gasteiger partial charge in [0.2, 0.25) is 5.95 Å². The molecule has 1 heterocycles. The van der Waals surface area contributed by atoms with Crippen LogP contribution in [0.3, 0.4) is 0 Å². The molecule has 1 aromatic heterocycles. The van der Waals surface area contributed by atoms with Crippen LogP contribution in [0.25, 0.3) is 0 Å². The number of aliphatic hydroxyl groups excluding tert-OH is 1. The molecule has 17 heavy (non-hydrogen) atoms. The van der Waals surface area contributed by atoms with Crippen LogP contribution in [0.2, 0.25) is 0 Å². The van der Waals surface area contributed by atoms with Crippen LogP contribution < -0.4 is 5.32 Å². The molecule has 6 heteroatoms. The van der Waals surface area contributed by atoms with Crippen LogP contribution in [-0.2, 0) is 17.6 Å². The fourth-order valence-corrected chi connectivity index (χ4v) is 1.47. The summed E-state index contributed by atoms with van der Waals surface area (Å²) in [6, 6.07) is 0. The number of aliphatic hydroxyl groups is 1. The number of aromatic nitrogens is 3. The van der Waals surface area contributed by atoms with E-state index in [1.165, 1.54) is 0 Å². The van der Waals surface area contributed by atoms with Crippen molar-refractivity contribution in [1.82, 2.24) is 15.2 Å². The molecule has 0 radical (unpaired) electrons. The van der Waals surface area contributed by atoms with Gasteiger partial charge < -0.3 is 15.2 Å². The molecule has 0 saturated heterocycles. The third-order valence-corrected chi connectivity index (χ3v) is 2.36. The van der Waals surface area contributed by atoms with E-state index in [0.717, 1.165) is 24.2 Å². The van der Waals surface area contributed by atoms with Gasteiger partial charge in [-0.25, -0.2) is 4.98 Å². The summed E-state index contributed by atoms with van der Waals surface area (Å²) in [6.45, 7) is 4.70. The molecule has 6 nitrogen and oxygen atoms in total. The van der Waals surface area contributed by atoms with Gasteiger partial charge >= 0.3 is 0 Å². The zero-order valence-corrected chi connectivity index (χ0v) is 10.6. The van der Waals surface area contributed by atoms with Gasteiger partial charge in [0.1, 0.15) is 0 Å². The molecule has 1 unspecified atom stereocenters. The number of aryl methyl sites for hydroxylation is 2. The van der Waals surface area contributed by atoms with Gasteiger partial charge in [-0.05, 0) is 12.8 Å². The molecule has 0 fully saturated rings. The molecule has 1 rings (SSSR count). The van der Waals surface area contributed by atoms with Crippen molar-refractivity contribution in [3.05, 3.63) is 11.4 Å². The number of anilines is 1. The Hall–Kier alpha value is -1.27. The molecule has 2 N–H and O–H groups in total. The average molecular weight is 240 g/mol. The maximum absolute atomic E-state index is 9.47. The van der Waals surface area contributed by atoms with Crippen LogP contribution in [0.5, 0.6) is 0 Å². The summed E-state index contributed by atoms with van der Waals surface area (Å²) < 4.78 is 4.83. The van der Waals surface area contributed by atoms with Crippen molar-refractivity contribution in [2.45, 2.75) is 32.8 Å². The van der Waals surface area contributed by atoms with Gasteiger partial charge in [-0.2, -0.15) is 5.10 Å². The van der Waals surface area contributed by atoms with Gasteiger partial charge in [0.05, 0.1) is 24.1 Å². The van der Waals surface area contributed by atoms with E-state index in [2.05, 4.69) is 20.5 Å². The molecule has 0 amide bonds. The lowest BCUT2D eigenvalue weighted by Gasteiger charge is -2.11. The first kappa shape index (κ1) is 13.8. The Bertz CT molecular complexity index is 346. The maximum Gasteiger partial charge on any atom is 0.243 e. The first-order valence-electron chi connectivity index (χ1n) is 5.84. The number of nitrogens with one attached hydrogen (secondary N) is 1. The van der Waals surface area contributed by atoms with E-state index in [1.54, 1.807) is 7.11 Å². The standard InChI is InChI=1S/C11H20N4O2/c1-4-9-10(5-2)14-15-11(13-9)12-6-8(16)7-17-3/h8,16H,4-7H2,1-3H3,(H,12,13,15). The number of hydrogen-bond donors (Lipinski definition) is 2. The monoisotopic (exact) mass is 240 g/mol. The summed E-state index contributed by atoms with van der Waals surface area (Å²) in [5, 5.41) is 20.5. The summed E-state index contributed by atoms with van der Waals surface area (Å²) in [5.74, 6) is 0.453. The second-order valence-corrected chi connectivity index (χ2v) is 3.73. The highest BCUT2D eigenvalue weighted by atomic mass is 16.5. The first-order valence-corrected chi connectivity index (χ1v) is 5.84. The summed E-state index contributed by atoms with van der Waals surface area (Å²) in [4.78, 5) is 4.36. The van der Waals surface area contributed by atoms with E-state index in [0.29, 0.717) is 12.5 Å². The van der Waals surface area contributed by atoms with Crippen molar-refractivity contribution in [1.29, 1.82) is 0 Å². The maximum atomic E-state index is 9.47. The Kier molecular flexibility index (Phi) is 5.79. The highest BCUT2D eigenvalue weighted by Gasteiger charge is 2.08. The second kappa shape index (κ2) is 7.13. The molecular weight excluding hydrogens is 220 g/mol. The Morgan fingerprint density at radius 3 is 2.53 bits per heavy atom. The van der Waals surface area contributed by atoms with E-state index >= 15 is 0 Å². The highest BCUT2D eigenvalue weighted by molar-refractivity contribution is 5.25.